The molecule has 0 fully saturated rings. The van der Waals surface area contributed by atoms with Gasteiger partial charge in [-0.2, -0.15) is 5.10 Å². The molecule has 2 aromatic rings. The lowest BCUT2D eigenvalue weighted by Crippen LogP contribution is -2.03. The molecule has 0 N–H and O–H groups in total. The fourth-order valence-electron chi connectivity index (χ4n) is 1.74. The van der Waals surface area contributed by atoms with Crippen molar-refractivity contribution in [1.29, 1.82) is 0 Å². The Balaban J connectivity index is 2.02. The molecule has 1 aromatic heterocycles. The minimum atomic E-state index is 0.0591. The number of aryl methyl sites for hydroxylation is 2. The predicted molar refractivity (Wildman–Crippen MR) is 68.7 cm³/mol. The zero-order valence-electron chi connectivity index (χ0n) is 10.8. The van der Waals surface area contributed by atoms with Crippen LogP contribution in [-0.2, 0) is 13.7 Å². The lowest BCUT2D eigenvalue weighted by molar-refractivity contribution is 0.101. The third-order valence-corrected chi connectivity index (χ3v) is 2.75. The molecule has 0 aliphatic carbocycles. The van der Waals surface area contributed by atoms with E-state index in [1.54, 1.807) is 35.9 Å². The van der Waals surface area contributed by atoms with Gasteiger partial charge in [0.15, 0.2) is 5.78 Å². The fourth-order valence-corrected chi connectivity index (χ4v) is 1.74. The number of benzene rings is 1. The molecule has 0 bridgehead atoms. The summed E-state index contributed by atoms with van der Waals surface area (Å²) in [5.41, 5.74) is 2.69. The van der Waals surface area contributed by atoms with Gasteiger partial charge in [0, 0.05) is 12.6 Å². The van der Waals surface area contributed by atoms with Crippen molar-refractivity contribution >= 4 is 5.78 Å². The van der Waals surface area contributed by atoms with Gasteiger partial charge in [-0.3, -0.25) is 9.48 Å². The van der Waals surface area contributed by atoms with Crippen molar-refractivity contribution in [3.8, 4) is 5.75 Å². The molecule has 0 aliphatic heterocycles. The SMILES string of the molecule is CC(=O)c1ccc(OCc2cc(C)nn2C)cc1. The fraction of sp³-hybridized carbons (Fsp3) is 0.286. The van der Waals surface area contributed by atoms with Crippen molar-refractivity contribution in [3.63, 3.8) is 0 Å². The first kappa shape index (κ1) is 12.4. The van der Waals surface area contributed by atoms with E-state index >= 15 is 0 Å². The van der Waals surface area contributed by atoms with Gasteiger partial charge in [-0.05, 0) is 44.2 Å². The van der Waals surface area contributed by atoms with E-state index < -0.39 is 0 Å². The van der Waals surface area contributed by atoms with Crippen LogP contribution < -0.4 is 4.74 Å². The maximum atomic E-state index is 11.1. The molecule has 0 aliphatic rings. The summed E-state index contributed by atoms with van der Waals surface area (Å²) in [5.74, 6) is 0.808. The van der Waals surface area contributed by atoms with Gasteiger partial charge >= 0.3 is 0 Å². The maximum Gasteiger partial charge on any atom is 0.159 e. The van der Waals surface area contributed by atoms with E-state index in [0.717, 1.165) is 17.1 Å². The van der Waals surface area contributed by atoms with E-state index in [9.17, 15) is 4.79 Å². The van der Waals surface area contributed by atoms with Crippen LogP contribution in [-0.4, -0.2) is 15.6 Å². The Morgan fingerprint density at radius 1 is 1.33 bits per heavy atom. The standard InChI is InChI=1S/C14H16N2O2/c1-10-8-13(16(3)15-10)9-18-14-6-4-12(5-7-14)11(2)17/h4-8H,9H2,1-3H3. The Labute approximate surface area is 106 Å². The number of hydrogen-bond donors (Lipinski definition) is 0. The highest BCUT2D eigenvalue weighted by Crippen LogP contribution is 2.14. The largest absolute Gasteiger partial charge is 0.487 e. The molecule has 0 atom stereocenters. The molecular weight excluding hydrogens is 228 g/mol. The second-order valence-electron chi connectivity index (χ2n) is 4.27. The van der Waals surface area contributed by atoms with Gasteiger partial charge in [0.25, 0.3) is 0 Å². The minimum absolute atomic E-state index is 0.0591. The summed E-state index contributed by atoms with van der Waals surface area (Å²) in [7, 11) is 1.89. The smallest absolute Gasteiger partial charge is 0.159 e. The van der Waals surface area contributed by atoms with Crippen LogP contribution in [0.1, 0.15) is 28.7 Å². The Hall–Kier alpha value is -2.10. The first-order chi connectivity index (χ1) is 8.56. The molecule has 4 nitrogen and oxygen atoms in total. The predicted octanol–water partition coefficient (Wildman–Crippen LogP) is 2.51. The average molecular weight is 244 g/mol. The van der Waals surface area contributed by atoms with Crippen LogP contribution in [0.3, 0.4) is 0 Å². The van der Waals surface area contributed by atoms with Crippen LogP contribution in [0.2, 0.25) is 0 Å². The lowest BCUT2D eigenvalue weighted by atomic mass is 10.1. The normalized spacial score (nSPS) is 10.4. The molecule has 2 rings (SSSR count). The number of carbonyl (C=O) groups is 1. The quantitative estimate of drug-likeness (QED) is 0.776. The van der Waals surface area contributed by atoms with Crippen molar-refractivity contribution in [1.82, 2.24) is 9.78 Å². The van der Waals surface area contributed by atoms with E-state index in [0.29, 0.717) is 12.2 Å². The molecule has 0 radical (unpaired) electrons. The Morgan fingerprint density at radius 3 is 2.50 bits per heavy atom. The van der Waals surface area contributed by atoms with Gasteiger partial charge in [-0.15, -0.1) is 0 Å². The Morgan fingerprint density at radius 2 is 2.00 bits per heavy atom. The van der Waals surface area contributed by atoms with Crippen molar-refractivity contribution in [2.45, 2.75) is 20.5 Å². The second kappa shape index (κ2) is 5.04. The number of nitrogens with zero attached hydrogens (tertiary/aromatic N) is 2. The summed E-state index contributed by atoms with van der Waals surface area (Å²) in [5, 5.41) is 4.25. The van der Waals surface area contributed by atoms with Gasteiger partial charge < -0.3 is 4.74 Å². The number of ether oxygens (including phenoxy) is 1. The zero-order valence-corrected chi connectivity index (χ0v) is 10.8. The number of aromatic nitrogens is 2. The van der Waals surface area contributed by atoms with Crippen LogP contribution in [0, 0.1) is 6.92 Å². The lowest BCUT2D eigenvalue weighted by Gasteiger charge is -2.06. The topological polar surface area (TPSA) is 44.1 Å². The van der Waals surface area contributed by atoms with Crippen molar-refractivity contribution < 1.29 is 9.53 Å². The van der Waals surface area contributed by atoms with Crippen LogP contribution in [0.4, 0.5) is 0 Å². The maximum absolute atomic E-state index is 11.1. The van der Waals surface area contributed by atoms with E-state index in [4.69, 9.17) is 4.74 Å². The molecule has 0 saturated heterocycles. The highest BCUT2D eigenvalue weighted by atomic mass is 16.5. The molecule has 4 heteroatoms. The molecule has 18 heavy (non-hydrogen) atoms. The number of ketones is 1. The summed E-state index contributed by atoms with van der Waals surface area (Å²) in [6.45, 7) is 3.97. The summed E-state index contributed by atoms with van der Waals surface area (Å²) in [4.78, 5) is 11.1. The molecule has 1 aromatic carbocycles. The minimum Gasteiger partial charge on any atom is -0.487 e. The van der Waals surface area contributed by atoms with Crippen LogP contribution >= 0.6 is 0 Å². The molecule has 94 valence electrons. The summed E-state index contributed by atoms with van der Waals surface area (Å²) in [6, 6.07) is 9.14. The first-order valence-electron chi connectivity index (χ1n) is 5.79. The molecule has 0 amide bonds. The molecule has 1 heterocycles. The van der Waals surface area contributed by atoms with Gasteiger partial charge in [-0.25, -0.2) is 0 Å². The third-order valence-electron chi connectivity index (χ3n) is 2.75. The van der Waals surface area contributed by atoms with Gasteiger partial charge in [0.2, 0.25) is 0 Å². The van der Waals surface area contributed by atoms with Crippen molar-refractivity contribution in [2.24, 2.45) is 7.05 Å². The third kappa shape index (κ3) is 2.77. The molecule has 0 unspecified atom stereocenters. The molecule has 0 spiro atoms. The molecule has 0 saturated carbocycles. The first-order valence-corrected chi connectivity index (χ1v) is 5.79. The van der Waals surface area contributed by atoms with Crippen LogP contribution in [0.15, 0.2) is 30.3 Å². The van der Waals surface area contributed by atoms with Crippen molar-refractivity contribution in [3.05, 3.63) is 47.3 Å². The number of hydrogen-bond acceptors (Lipinski definition) is 3. The second-order valence-corrected chi connectivity index (χ2v) is 4.27. The highest BCUT2D eigenvalue weighted by Gasteiger charge is 2.04. The Kier molecular flexibility index (Phi) is 3.46. The monoisotopic (exact) mass is 244 g/mol. The van der Waals surface area contributed by atoms with Gasteiger partial charge in [0.1, 0.15) is 12.4 Å². The number of rotatable bonds is 4. The number of Topliss-reactive ketones (excluding diaryl/α,β-unsaturated/α-hetero) is 1. The zero-order chi connectivity index (χ0) is 13.1. The highest BCUT2D eigenvalue weighted by molar-refractivity contribution is 5.94. The summed E-state index contributed by atoms with van der Waals surface area (Å²) in [6.07, 6.45) is 0. The van der Waals surface area contributed by atoms with Gasteiger partial charge in [0.05, 0.1) is 11.4 Å². The Bertz CT molecular complexity index is 556. The van der Waals surface area contributed by atoms with Crippen LogP contribution in [0.25, 0.3) is 0 Å². The van der Waals surface area contributed by atoms with E-state index in [2.05, 4.69) is 5.10 Å². The van der Waals surface area contributed by atoms with Crippen LogP contribution in [0.5, 0.6) is 5.75 Å². The van der Waals surface area contributed by atoms with Crippen molar-refractivity contribution in [2.75, 3.05) is 0 Å². The number of carbonyl (C=O) groups excluding carboxylic acids is 1. The van der Waals surface area contributed by atoms with Gasteiger partial charge in [-0.1, -0.05) is 0 Å². The molecular formula is C14H16N2O2. The average Bonchev–Trinajstić information content (AvgIpc) is 2.66. The van der Waals surface area contributed by atoms with E-state index in [1.165, 1.54) is 0 Å². The summed E-state index contributed by atoms with van der Waals surface area (Å²) < 4.78 is 7.45. The van der Waals surface area contributed by atoms with E-state index in [-0.39, 0.29) is 5.78 Å². The summed E-state index contributed by atoms with van der Waals surface area (Å²) >= 11 is 0. The van der Waals surface area contributed by atoms with E-state index in [1.807, 2.05) is 20.0 Å².